The lowest BCUT2D eigenvalue weighted by Crippen LogP contribution is -2.51. The number of benzene rings is 3. The highest BCUT2D eigenvalue weighted by Gasteiger charge is 2.26. The van der Waals surface area contributed by atoms with Gasteiger partial charge in [0.1, 0.15) is 11.8 Å². The van der Waals surface area contributed by atoms with Crippen molar-refractivity contribution in [2.75, 3.05) is 19.1 Å². The first-order valence-corrected chi connectivity index (χ1v) is 11.1. The number of carbonyl (C=O) groups is 2. The summed E-state index contributed by atoms with van der Waals surface area (Å²) in [5.74, 6) is 0.199. The van der Waals surface area contributed by atoms with E-state index in [4.69, 9.17) is 4.74 Å². The van der Waals surface area contributed by atoms with Gasteiger partial charge in [0.2, 0.25) is 0 Å². The van der Waals surface area contributed by atoms with Crippen molar-refractivity contribution in [3.63, 3.8) is 0 Å². The predicted octanol–water partition coefficient (Wildman–Crippen LogP) is 4.67. The average molecular weight is 496 g/mol. The Bertz CT molecular complexity index is 1040. The molecule has 2 N–H and O–H groups in total. The van der Waals surface area contributed by atoms with Crippen molar-refractivity contribution in [1.82, 2.24) is 10.3 Å². The summed E-state index contributed by atoms with van der Waals surface area (Å²) in [6, 6.07) is 23.3. The largest absolute Gasteiger partial charge is 0.497 e. The van der Waals surface area contributed by atoms with E-state index in [2.05, 4.69) is 26.7 Å². The maximum Gasteiger partial charge on any atom is 0.263 e. The van der Waals surface area contributed by atoms with Gasteiger partial charge in [-0.1, -0.05) is 52.3 Å². The first-order valence-electron chi connectivity index (χ1n) is 10.3. The van der Waals surface area contributed by atoms with E-state index in [1.54, 1.807) is 25.3 Å². The Morgan fingerprint density at radius 1 is 1.00 bits per heavy atom. The van der Waals surface area contributed by atoms with Crippen LogP contribution in [0, 0.1) is 0 Å². The molecule has 0 radical (unpaired) electrons. The lowest BCUT2D eigenvalue weighted by atomic mass is 10.0. The summed E-state index contributed by atoms with van der Waals surface area (Å²) in [5, 5.41) is 4.43. The first-order chi connectivity index (χ1) is 15.5. The maximum atomic E-state index is 13.5. The minimum Gasteiger partial charge on any atom is -0.497 e. The molecule has 0 heterocycles. The summed E-state index contributed by atoms with van der Waals surface area (Å²) in [4.78, 5) is 26.4. The Balaban J connectivity index is 1.80. The molecular formula is C25H26BrN3O3. The second kappa shape index (κ2) is 11.3. The molecule has 0 aliphatic rings. The molecule has 0 saturated carbocycles. The number of nitrogens with zero attached hydrogens (tertiary/aromatic N) is 1. The number of nitrogens with one attached hydrogen (secondary N) is 2. The molecule has 166 valence electrons. The van der Waals surface area contributed by atoms with E-state index in [9.17, 15) is 9.59 Å². The molecule has 0 aliphatic heterocycles. The van der Waals surface area contributed by atoms with Crippen molar-refractivity contribution in [1.29, 1.82) is 0 Å². The Labute approximate surface area is 196 Å². The number of halogens is 1. The third-order valence-corrected chi connectivity index (χ3v) is 5.40. The summed E-state index contributed by atoms with van der Waals surface area (Å²) in [6.45, 7) is 2.30. The van der Waals surface area contributed by atoms with Crippen molar-refractivity contribution >= 4 is 33.4 Å². The summed E-state index contributed by atoms with van der Waals surface area (Å²) in [6.07, 6.45) is 0.375. The van der Waals surface area contributed by atoms with E-state index in [1.165, 1.54) is 5.01 Å². The Kier molecular flexibility index (Phi) is 8.27. The molecule has 6 nitrogen and oxygen atoms in total. The van der Waals surface area contributed by atoms with Gasteiger partial charge in [-0.3, -0.25) is 20.0 Å². The first kappa shape index (κ1) is 23.3. The average Bonchev–Trinajstić information content (AvgIpc) is 2.82. The molecule has 2 amide bonds. The van der Waals surface area contributed by atoms with Crippen LogP contribution in [0.2, 0.25) is 0 Å². The van der Waals surface area contributed by atoms with E-state index in [-0.39, 0.29) is 11.8 Å². The van der Waals surface area contributed by atoms with Gasteiger partial charge in [-0.15, -0.1) is 0 Å². The number of likely N-dealkylation sites (N-methyl/N-ethyl adjacent to an activating group) is 1. The van der Waals surface area contributed by atoms with Crippen LogP contribution < -0.4 is 15.5 Å². The van der Waals surface area contributed by atoms with Crippen LogP contribution >= 0.6 is 15.9 Å². The summed E-state index contributed by atoms with van der Waals surface area (Å²) in [7, 11) is 1.60. The number of hydrogen-bond acceptors (Lipinski definition) is 4. The summed E-state index contributed by atoms with van der Waals surface area (Å²) >= 11 is 3.39. The van der Waals surface area contributed by atoms with Crippen molar-refractivity contribution in [3.8, 4) is 5.75 Å². The van der Waals surface area contributed by atoms with E-state index in [0.29, 0.717) is 18.5 Å². The highest BCUT2D eigenvalue weighted by molar-refractivity contribution is 9.10. The van der Waals surface area contributed by atoms with Gasteiger partial charge in [-0.25, -0.2) is 0 Å². The normalized spacial score (nSPS) is 11.3. The SMILES string of the molecule is CCN(Nc1ccc(OC)cc1)C(=O)C(Cc1ccccc1)NC(=O)c1cccc(Br)c1. The topological polar surface area (TPSA) is 70.7 Å². The number of hydrogen-bond donors (Lipinski definition) is 2. The lowest BCUT2D eigenvalue weighted by molar-refractivity contribution is -0.131. The van der Waals surface area contributed by atoms with E-state index in [1.807, 2.05) is 67.6 Å². The Morgan fingerprint density at radius 3 is 2.34 bits per heavy atom. The number of hydrazine groups is 1. The molecule has 7 heteroatoms. The molecule has 0 bridgehead atoms. The molecule has 0 fully saturated rings. The van der Waals surface area contributed by atoms with Gasteiger partial charge in [0.05, 0.1) is 12.8 Å². The van der Waals surface area contributed by atoms with Crippen LogP contribution in [0.15, 0.2) is 83.3 Å². The highest BCUT2D eigenvalue weighted by atomic mass is 79.9. The van der Waals surface area contributed by atoms with E-state index in [0.717, 1.165) is 21.5 Å². The molecule has 3 aromatic carbocycles. The van der Waals surface area contributed by atoms with Gasteiger partial charge in [-0.05, 0) is 55.0 Å². The Morgan fingerprint density at radius 2 is 1.72 bits per heavy atom. The minimum absolute atomic E-state index is 0.226. The number of amides is 2. The zero-order valence-electron chi connectivity index (χ0n) is 18.0. The molecule has 3 aromatic rings. The minimum atomic E-state index is -0.741. The number of ether oxygens (including phenoxy) is 1. The zero-order chi connectivity index (χ0) is 22.9. The molecule has 32 heavy (non-hydrogen) atoms. The molecule has 1 unspecified atom stereocenters. The standard InChI is InChI=1S/C25H26BrN3O3/c1-3-29(28-21-12-14-22(32-2)15-13-21)25(31)23(16-18-8-5-4-6-9-18)27-24(30)19-10-7-11-20(26)17-19/h4-15,17,23,28H,3,16H2,1-2H3,(H,27,30). The Hall–Kier alpha value is -3.32. The van der Waals surface area contributed by atoms with Gasteiger partial charge < -0.3 is 10.1 Å². The van der Waals surface area contributed by atoms with Crippen LogP contribution in [0.3, 0.4) is 0 Å². The van der Waals surface area contributed by atoms with Crippen molar-refractivity contribution in [3.05, 3.63) is 94.5 Å². The van der Waals surface area contributed by atoms with Crippen LogP contribution in [0.25, 0.3) is 0 Å². The number of methoxy groups -OCH3 is 1. The quantitative estimate of drug-likeness (QED) is 0.423. The van der Waals surface area contributed by atoms with Gasteiger partial charge in [0, 0.05) is 23.0 Å². The van der Waals surface area contributed by atoms with Crippen molar-refractivity contribution in [2.45, 2.75) is 19.4 Å². The van der Waals surface area contributed by atoms with Crippen molar-refractivity contribution < 1.29 is 14.3 Å². The molecule has 0 spiro atoms. The number of rotatable bonds is 9. The zero-order valence-corrected chi connectivity index (χ0v) is 19.6. The lowest BCUT2D eigenvalue weighted by Gasteiger charge is -2.28. The fourth-order valence-electron chi connectivity index (χ4n) is 3.22. The third-order valence-electron chi connectivity index (χ3n) is 4.91. The van der Waals surface area contributed by atoms with Crippen molar-refractivity contribution in [2.24, 2.45) is 0 Å². The summed E-state index contributed by atoms with van der Waals surface area (Å²) in [5.41, 5.74) is 5.33. The fraction of sp³-hybridized carbons (Fsp3) is 0.200. The van der Waals surface area contributed by atoms with Crippen LogP contribution in [0.1, 0.15) is 22.8 Å². The summed E-state index contributed by atoms with van der Waals surface area (Å²) < 4.78 is 5.99. The predicted molar refractivity (Wildman–Crippen MR) is 130 cm³/mol. The molecular weight excluding hydrogens is 470 g/mol. The molecule has 3 rings (SSSR count). The fourth-order valence-corrected chi connectivity index (χ4v) is 3.62. The van der Waals surface area contributed by atoms with Crippen LogP contribution in [0.5, 0.6) is 5.75 Å². The third kappa shape index (κ3) is 6.34. The molecule has 0 saturated heterocycles. The van der Waals surface area contributed by atoms with E-state index >= 15 is 0 Å². The van der Waals surface area contributed by atoms with Gasteiger partial charge >= 0.3 is 0 Å². The monoisotopic (exact) mass is 495 g/mol. The van der Waals surface area contributed by atoms with Gasteiger partial charge in [-0.2, -0.15) is 0 Å². The van der Waals surface area contributed by atoms with E-state index < -0.39 is 6.04 Å². The molecule has 0 aliphatic carbocycles. The van der Waals surface area contributed by atoms with Crippen LogP contribution in [-0.4, -0.2) is 36.5 Å². The second-order valence-corrected chi connectivity index (χ2v) is 8.06. The number of anilines is 1. The van der Waals surface area contributed by atoms with Gasteiger partial charge in [0.15, 0.2) is 0 Å². The van der Waals surface area contributed by atoms with Crippen LogP contribution in [-0.2, 0) is 11.2 Å². The van der Waals surface area contributed by atoms with Gasteiger partial charge in [0.25, 0.3) is 11.8 Å². The van der Waals surface area contributed by atoms with Crippen LogP contribution in [0.4, 0.5) is 5.69 Å². The second-order valence-electron chi connectivity index (χ2n) is 7.15. The smallest absolute Gasteiger partial charge is 0.263 e. The number of carbonyl (C=O) groups excluding carboxylic acids is 2. The molecule has 1 atom stereocenters. The highest BCUT2D eigenvalue weighted by Crippen LogP contribution is 2.17. The molecule has 0 aromatic heterocycles. The maximum absolute atomic E-state index is 13.5.